The first kappa shape index (κ1) is 13.3. The molecule has 0 bridgehead atoms. The minimum absolute atomic E-state index is 0.162. The molecule has 0 saturated heterocycles. The molecule has 7 heteroatoms. The Bertz CT molecular complexity index is 727. The van der Waals surface area contributed by atoms with Gasteiger partial charge in [-0.2, -0.15) is 0 Å². The number of nitrogens with two attached hydrogens (primary N) is 1. The SMILES string of the molecule is NC(=O)OC1CCCn2c1nc(-c1ccncc1)cc2=O. The molecular weight excluding hydrogens is 272 g/mol. The molecule has 0 spiro atoms. The Hall–Kier alpha value is -2.70. The van der Waals surface area contributed by atoms with E-state index in [0.717, 1.165) is 12.0 Å². The summed E-state index contributed by atoms with van der Waals surface area (Å²) in [7, 11) is 0. The average molecular weight is 286 g/mol. The van der Waals surface area contributed by atoms with E-state index >= 15 is 0 Å². The lowest BCUT2D eigenvalue weighted by molar-refractivity contribution is 0.0821. The number of amides is 1. The molecule has 1 aliphatic heterocycles. The summed E-state index contributed by atoms with van der Waals surface area (Å²) >= 11 is 0. The Kier molecular flexibility index (Phi) is 3.39. The number of fused-ring (bicyclic) bond motifs is 1. The fourth-order valence-electron chi connectivity index (χ4n) is 2.48. The van der Waals surface area contributed by atoms with Crippen molar-refractivity contribution >= 4 is 6.09 Å². The van der Waals surface area contributed by atoms with Crippen molar-refractivity contribution < 1.29 is 9.53 Å². The van der Waals surface area contributed by atoms with Gasteiger partial charge in [0.25, 0.3) is 5.56 Å². The Morgan fingerprint density at radius 3 is 2.86 bits per heavy atom. The van der Waals surface area contributed by atoms with Crippen LogP contribution in [0.25, 0.3) is 11.3 Å². The average Bonchev–Trinajstić information content (AvgIpc) is 2.48. The van der Waals surface area contributed by atoms with E-state index < -0.39 is 12.2 Å². The number of ether oxygens (including phenoxy) is 1. The zero-order valence-electron chi connectivity index (χ0n) is 11.2. The molecule has 0 saturated carbocycles. The second-order valence-corrected chi connectivity index (χ2v) is 4.79. The summed E-state index contributed by atoms with van der Waals surface area (Å²) in [6.45, 7) is 0.566. The Morgan fingerprint density at radius 1 is 1.38 bits per heavy atom. The maximum absolute atomic E-state index is 12.2. The van der Waals surface area contributed by atoms with Gasteiger partial charge in [0.2, 0.25) is 0 Å². The highest BCUT2D eigenvalue weighted by Crippen LogP contribution is 2.27. The van der Waals surface area contributed by atoms with Gasteiger partial charge in [-0.15, -0.1) is 0 Å². The molecule has 0 aromatic carbocycles. The zero-order valence-corrected chi connectivity index (χ0v) is 11.2. The number of hydrogen-bond acceptors (Lipinski definition) is 5. The molecule has 0 aliphatic carbocycles. The van der Waals surface area contributed by atoms with Gasteiger partial charge in [-0.05, 0) is 25.0 Å². The zero-order chi connectivity index (χ0) is 14.8. The van der Waals surface area contributed by atoms with Gasteiger partial charge in [0.05, 0.1) is 5.69 Å². The molecule has 1 amide bonds. The topological polar surface area (TPSA) is 100 Å². The van der Waals surface area contributed by atoms with Crippen LogP contribution in [0.1, 0.15) is 24.8 Å². The molecule has 0 fully saturated rings. The van der Waals surface area contributed by atoms with E-state index in [0.29, 0.717) is 24.5 Å². The molecule has 2 aromatic rings. The second-order valence-electron chi connectivity index (χ2n) is 4.79. The van der Waals surface area contributed by atoms with Crippen molar-refractivity contribution in [1.29, 1.82) is 0 Å². The fourth-order valence-corrected chi connectivity index (χ4v) is 2.48. The number of primary amides is 1. The van der Waals surface area contributed by atoms with Crippen molar-refractivity contribution in [3.05, 3.63) is 46.8 Å². The lowest BCUT2D eigenvalue weighted by Crippen LogP contribution is -2.32. The molecule has 1 aliphatic rings. The third-order valence-electron chi connectivity index (χ3n) is 3.41. The summed E-state index contributed by atoms with van der Waals surface area (Å²) in [6, 6.07) is 5.02. The minimum atomic E-state index is -0.864. The molecule has 3 heterocycles. The number of hydrogen-bond donors (Lipinski definition) is 1. The van der Waals surface area contributed by atoms with Crippen LogP contribution in [0.2, 0.25) is 0 Å². The van der Waals surface area contributed by atoms with Crippen LogP contribution in [0.5, 0.6) is 0 Å². The van der Waals surface area contributed by atoms with Crippen molar-refractivity contribution in [3.8, 4) is 11.3 Å². The van der Waals surface area contributed by atoms with Crippen LogP contribution in [-0.2, 0) is 11.3 Å². The predicted molar refractivity (Wildman–Crippen MR) is 74.4 cm³/mol. The van der Waals surface area contributed by atoms with Gasteiger partial charge in [-0.3, -0.25) is 14.3 Å². The molecule has 0 radical (unpaired) electrons. The Balaban J connectivity index is 2.09. The van der Waals surface area contributed by atoms with Crippen LogP contribution in [-0.4, -0.2) is 20.6 Å². The van der Waals surface area contributed by atoms with Crippen LogP contribution < -0.4 is 11.3 Å². The van der Waals surface area contributed by atoms with E-state index in [9.17, 15) is 9.59 Å². The van der Waals surface area contributed by atoms with E-state index in [1.165, 1.54) is 10.6 Å². The van der Waals surface area contributed by atoms with E-state index in [4.69, 9.17) is 10.5 Å². The lowest BCUT2D eigenvalue weighted by atomic mass is 10.1. The molecule has 2 aromatic heterocycles. The van der Waals surface area contributed by atoms with E-state index in [2.05, 4.69) is 9.97 Å². The van der Waals surface area contributed by atoms with Crippen LogP contribution in [0.4, 0.5) is 4.79 Å². The molecule has 3 rings (SSSR count). The van der Waals surface area contributed by atoms with Gasteiger partial charge < -0.3 is 10.5 Å². The van der Waals surface area contributed by atoms with Gasteiger partial charge in [0, 0.05) is 30.6 Å². The maximum Gasteiger partial charge on any atom is 0.405 e. The van der Waals surface area contributed by atoms with Crippen molar-refractivity contribution in [2.24, 2.45) is 5.73 Å². The minimum Gasteiger partial charge on any atom is -0.438 e. The van der Waals surface area contributed by atoms with Crippen molar-refractivity contribution in [2.45, 2.75) is 25.5 Å². The monoisotopic (exact) mass is 286 g/mol. The Labute approximate surface area is 120 Å². The highest BCUT2D eigenvalue weighted by atomic mass is 16.6. The molecule has 1 atom stereocenters. The van der Waals surface area contributed by atoms with Crippen LogP contribution in [0, 0.1) is 0 Å². The van der Waals surface area contributed by atoms with E-state index in [-0.39, 0.29) is 5.56 Å². The number of pyridine rings is 1. The predicted octanol–water partition coefficient (Wildman–Crippen LogP) is 1.24. The smallest absolute Gasteiger partial charge is 0.405 e. The quantitative estimate of drug-likeness (QED) is 0.895. The van der Waals surface area contributed by atoms with E-state index in [1.807, 2.05) is 0 Å². The van der Waals surface area contributed by atoms with Gasteiger partial charge >= 0.3 is 6.09 Å². The van der Waals surface area contributed by atoms with Gasteiger partial charge in [-0.1, -0.05) is 0 Å². The summed E-state index contributed by atoms with van der Waals surface area (Å²) in [5, 5.41) is 0. The molecule has 21 heavy (non-hydrogen) atoms. The number of rotatable bonds is 2. The summed E-state index contributed by atoms with van der Waals surface area (Å²) < 4.78 is 6.60. The lowest BCUT2D eigenvalue weighted by Gasteiger charge is -2.25. The van der Waals surface area contributed by atoms with Crippen molar-refractivity contribution in [3.63, 3.8) is 0 Å². The van der Waals surface area contributed by atoms with Crippen molar-refractivity contribution in [2.75, 3.05) is 0 Å². The largest absolute Gasteiger partial charge is 0.438 e. The number of carbonyl (C=O) groups is 1. The highest BCUT2D eigenvalue weighted by Gasteiger charge is 2.26. The molecule has 1 unspecified atom stereocenters. The van der Waals surface area contributed by atoms with Crippen molar-refractivity contribution in [1.82, 2.24) is 14.5 Å². The first-order chi connectivity index (χ1) is 10.1. The fraction of sp³-hybridized carbons (Fsp3) is 0.286. The summed E-state index contributed by atoms with van der Waals surface area (Å²) in [6.07, 6.45) is 3.16. The van der Waals surface area contributed by atoms with Crippen LogP contribution in [0.15, 0.2) is 35.4 Å². The molecule has 2 N–H and O–H groups in total. The number of nitrogens with zero attached hydrogens (tertiary/aromatic N) is 3. The number of carbonyl (C=O) groups excluding carboxylic acids is 1. The summed E-state index contributed by atoms with van der Waals surface area (Å²) in [5.41, 5.74) is 6.24. The van der Waals surface area contributed by atoms with E-state index in [1.54, 1.807) is 24.5 Å². The summed E-state index contributed by atoms with van der Waals surface area (Å²) in [5.74, 6) is 0.444. The highest BCUT2D eigenvalue weighted by molar-refractivity contribution is 5.65. The summed E-state index contributed by atoms with van der Waals surface area (Å²) in [4.78, 5) is 31.6. The third-order valence-corrected chi connectivity index (χ3v) is 3.41. The Morgan fingerprint density at radius 2 is 2.14 bits per heavy atom. The molecule has 7 nitrogen and oxygen atoms in total. The van der Waals surface area contributed by atoms with Crippen LogP contribution >= 0.6 is 0 Å². The second kappa shape index (κ2) is 5.35. The van der Waals surface area contributed by atoms with Crippen LogP contribution in [0.3, 0.4) is 0 Å². The first-order valence-electron chi connectivity index (χ1n) is 6.63. The normalized spacial score (nSPS) is 17.0. The van der Waals surface area contributed by atoms with Gasteiger partial charge in [-0.25, -0.2) is 9.78 Å². The maximum atomic E-state index is 12.2. The standard InChI is InChI=1S/C14H14N4O3/c15-14(20)21-11-2-1-7-18-12(19)8-10(17-13(11)18)9-3-5-16-6-4-9/h3-6,8,11H,1-2,7H2,(H2,15,20). The van der Waals surface area contributed by atoms with Gasteiger partial charge in [0.15, 0.2) is 11.9 Å². The first-order valence-corrected chi connectivity index (χ1v) is 6.63. The molecule has 108 valence electrons. The number of aromatic nitrogens is 3. The third kappa shape index (κ3) is 2.62. The van der Waals surface area contributed by atoms with Gasteiger partial charge in [0.1, 0.15) is 0 Å². The molecular formula is C14H14N4O3.